The maximum absolute atomic E-state index is 12.2. The van der Waals surface area contributed by atoms with Gasteiger partial charge in [0.1, 0.15) is 11.3 Å². The van der Waals surface area contributed by atoms with E-state index in [4.69, 9.17) is 9.47 Å². The number of hydrogen-bond donors (Lipinski definition) is 0. The van der Waals surface area contributed by atoms with E-state index in [2.05, 4.69) is 0 Å². The van der Waals surface area contributed by atoms with Gasteiger partial charge in [0.25, 0.3) is 0 Å². The van der Waals surface area contributed by atoms with Gasteiger partial charge in [0.05, 0.1) is 6.61 Å². The maximum atomic E-state index is 12.2. The fraction of sp³-hybridized carbons (Fsp3) is 0.500. The van der Waals surface area contributed by atoms with Crippen LogP contribution in [-0.2, 0) is 4.74 Å². The molecule has 0 atom stereocenters. The number of rotatable bonds is 7. The minimum absolute atomic E-state index is 0.234. The van der Waals surface area contributed by atoms with Crippen molar-refractivity contribution >= 4 is 12.1 Å². The van der Waals surface area contributed by atoms with Crippen LogP contribution in [0.5, 0.6) is 5.75 Å². The zero-order chi connectivity index (χ0) is 15.7. The molecule has 116 valence electrons. The van der Waals surface area contributed by atoms with Gasteiger partial charge in [-0.15, -0.1) is 0 Å². The van der Waals surface area contributed by atoms with E-state index < -0.39 is 12.1 Å². The van der Waals surface area contributed by atoms with Gasteiger partial charge in [-0.3, -0.25) is 0 Å². The van der Waals surface area contributed by atoms with E-state index in [-0.39, 0.29) is 17.9 Å². The first-order valence-corrected chi connectivity index (χ1v) is 7.36. The molecule has 21 heavy (non-hydrogen) atoms. The van der Waals surface area contributed by atoms with Crippen molar-refractivity contribution in [2.75, 3.05) is 19.7 Å². The summed E-state index contributed by atoms with van der Waals surface area (Å²) >= 11 is 0. The fourth-order valence-electron chi connectivity index (χ4n) is 1.93. The van der Waals surface area contributed by atoms with Crippen LogP contribution in [0.2, 0.25) is 0 Å². The second-order valence-electron chi connectivity index (χ2n) is 4.57. The van der Waals surface area contributed by atoms with Gasteiger partial charge in [-0.2, -0.15) is 0 Å². The Morgan fingerprint density at radius 3 is 2.24 bits per heavy atom. The lowest BCUT2D eigenvalue weighted by molar-refractivity contribution is 0.0522. The molecule has 0 radical (unpaired) electrons. The van der Waals surface area contributed by atoms with Crippen molar-refractivity contribution in [1.82, 2.24) is 4.90 Å². The molecular weight excluding hydrogens is 270 g/mol. The quantitative estimate of drug-likeness (QED) is 0.722. The van der Waals surface area contributed by atoms with E-state index in [0.29, 0.717) is 13.1 Å². The fourth-order valence-corrected chi connectivity index (χ4v) is 1.93. The van der Waals surface area contributed by atoms with Crippen molar-refractivity contribution in [3.8, 4) is 5.75 Å². The molecule has 0 heterocycles. The van der Waals surface area contributed by atoms with Crippen molar-refractivity contribution in [3.63, 3.8) is 0 Å². The Balaban J connectivity index is 2.86. The molecule has 1 aromatic rings. The Morgan fingerprint density at radius 1 is 1.05 bits per heavy atom. The minimum Gasteiger partial charge on any atom is -0.462 e. The summed E-state index contributed by atoms with van der Waals surface area (Å²) in [7, 11) is 0. The highest BCUT2D eigenvalue weighted by Gasteiger charge is 2.19. The van der Waals surface area contributed by atoms with Gasteiger partial charge in [-0.05, 0) is 31.9 Å². The van der Waals surface area contributed by atoms with E-state index in [1.54, 1.807) is 36.1 Å². The van der Waals surface area contributed by atoms with E-state index in [1.165, 1.54) is 0 Å². The number of hydrogen-bond acceptors (Lipinski definition) is 4. The molecule has 5 nitrogen and oxygen atoms in total. The molecule has 1 amide bonds. The first-order valence-electron chi connectivity index (χ1n) is 7.36. The second-order valence-corrected chi connectivity index (χ2v) is 4.57. The Hall–Kier alpha value is -2.04. The third-order valence-corrected chi connectivity index (χ3v) is 2.82. The number of nitrogens with zero attached hydrogens (tertiary/aromatic N) is 1. The van der Waals surface area contributed by atoms with E-state index in [9.17, 15) is 9.59 Å². The van der Waals surface area contributed by atoms with Crippen LogP contribution in [0, 0.1) is 0 Å². The lowest BCUT2D eigenvalue weighted by atomic mass is 10.2. The molecule has 0 unspecified atom stereocenters. The number of amides is 1. The molecule has 0 N–H and O–H groups in total. The standard InChI is InChI=1S/C16H23NO4/c1-4-11-17(12-5-2)16(19)21-14-10-8-7-9-13(14)15(18)20-6-3/h7-10H,4-6,11-12H2,1-3H3. The normalized spacial score (nSPS) is 10.0. The topological polar surface area (TPSA) is 55.8 Å². The lowest BCUT2D eigenvalue weighted by Gasteiger charge is -2.21. The summed E-state index contributed by atoms with van der Waals surface area (Å²) in [6.07, 6.45) is 1.28. The van der Waals surface area contributed by atoms with Gasteiger partial charge in [-0.25, -0.2) is 9.59 Å². The third kappa shape index (κ3) is 5.10. The first kappa shape index (κ1) is 17.0. The summed E-state index contributed by atoms with van der Waals surface area (Å²) in [5.41, 5.74) is 0.264. The van der Waals surface area contributed by atoms with Gasteiger partial charge in [0.2, 0.25) is 0 Å². The number of carbonyl (C=O) groups is 2. The van der Waals surface area contributed by atoms with Crippen molar-refractivity contribution < 1.29 is 19.1 Å². The van der Waals surface area contributed by atoms with Crippen LogP contribution in [0.4, 0.5) is 4.79 Å². The summed E-state index contributed by atoms with van der Waals surface area (Å²) < 4.78 is 10.3. The average molecular weight is 293 g/mol. The molecule has 5 heteroatoms. The van der Waals surface area contributed by atoms with Crippen molar-refractivity contribution in [2.24, 2.45) is 0 Å². The van der Waals surface area contributed by atoms with E-state index in [0.717, 1.165) is 12.8 Å². The highest BCUT2D eigenvalue weighted by Crippen LogP contribution is 2.20. The molecule has 0 fully saturated rings. The molecule has 0 saturated carbocycles. The highest BCUT2D eigenvalue weighted by atomic mass is 16.6. The molecule has 0 aliphatic heterocycles. The number of ether oxygens (including phenoxy) is 2. The van der Waals surface area contributed by atoms with Gasteiger partial charge in [0.15, 0.2) is 0 Å². The summed E-state index contributed by atoms with van der Waals surface area (Å²) in [6.45, 7) is 7.28. The van der Waals surface area contributed by atoms with Crippen molar-refractivity contribution in [3.05, 3.63) is 29.8 Å². The number of esters is 1. The van der Waals surface area contributed by atoms with Crippen LogP contribution in [0.25, 0.3) is 0 Å². The summed E-state index contributed by atoms with van der Waals surface area (Å²) in [6, 6.07) is 6.61. The zero-order valence-electron chi connectivity index (χ0n) is 12.9. The molecule has 0 saturated heterocycles. The molecule has 0 aromatic heterocycles. The van der Waals surface area contributed by atoms with E-state index >= 15 is 0 Å². The molecule has 0 bridgehead atoms. The molecule has 0 spiro atoms. The van der Waals surface area contributed by atoms with Gasteiger partial charge >= 0.3 is 12.1 Å². The van der Waals surface area contributed by atoms with Crippen LogP contribution >= 0.6 is 0 Å². The van der Waals surface area contributed by atoms with Crippen LogP contribution < -0.4 is 4.74 Å². The van der Waals surface area contributed by atoms with Gasteiger partial charge in [-0.1, -0.05) is 26.0 Å². The van der Waals surface area contributed by atoms with Crippen LogP contribution in [-0.4, -0.2) is 36.7 Å². The minimum atomic E-state index is -0.488. The van der Waals surface area contributed by atoms with Crippen molar-refractivity contribution in [2.45, 2.75) is 33.6 Å². The Labute approximate surface area is 125 Å². The van der Waals surface area contributed by atoms with Crippen LogP contribution in [0.15, 0.2) is 24.3 Å². The number of benzene rings is 1. The monoisotopic (exact) mass is 293 g/mol. The maximum Gasteiger partial charge on any atom is 0.415 e. The Bertz CT molecular complexity index is 467. The summed E-state index contributed by atoms with van der Waals surface area (Å²) in [4.78, 5) is 25.7. The Morgan fingerprint density at radius 2 is 1.67 bits per heavy atom. The van der Waals surface area contributed by atoms with E-state index in [1.807, 2.05) is 13.8 Å². The highest BCUT2D eigenvalue weighted by molar-refractivity contribution is 5.93. The van der Waals surface area contributed by atoms with Crippen LogP contribution in [0.3, 0.4) is 0 Å². The average Bonchev–Trinajstić information content (AvgIpc) is 2.47. The number of carbonyl (C=O) groups excluding carboxylic acids is 2. The molecular formula is C16H23NO4. The Kier molecular flexibility index (Phi) is 7.29. The molecule has 1 aromatic carbocycles. The zero-order valence-corrected chi connectivity index (χ0v) is 12.9. The van der Waals surface area contributed by atoms with Gasteiger partial charge < -0.3 is 14.4 Å². The number of para-hydroxylation sites is 1. The molecule has 0 aliphatic rings. The first-order chi connectivity index (χ1) is 10.1. The van der Waals surface area contributed by atoms with Crippen molar-refractivity contribution in [1.29, 1.82) is 0 Å². The summed E-state index contributed by atoms with van der Waals surface area (Å²) in [5.74, 6) is -0.253. The lowest BCUT2D eigenvalue weighted by Crippen LogP contribution is -2.35. The predicted molar refractivity (Wildman–Crippen MR) is 80.6 cm³/mol. The third-order valence-electron chi connectivity index (χ3n) is 2.82. The smallest absolute Gasteiger partial charge is 0.415 e. The van der Waals surface area contributed by atoms with Crippen LogP contribution in [0.1, 0.15) is 44.0 Å². The summed E-state index contributed by atoms with van der Waals surface area (Å²) in [5, 5.41) is 0. The molecule has 0 aliphatic carbocycles. The largest absolute Gasteiger partial charge is 0.462 e. The SMILES string of the molecule is CCCN(CCC)C(=O)Oc1ccccc1C(=O)OCC. The van der Waals surface area contributed by atoms with Gasteiger partial charge in [0, 0.05) is 13.1 Å². The molecule has 1 rings (SSSR count). The second kappa shape index (κ2) is 9.00. The predicted octanol–water partition coefficient (Wildman–Crippen LogP) is 3.48.